The Morgan fingerprint density at radius 2 is 2.27 bits per heavy atom. The van der Waals surface area contributed by atoms with E-state index in [1.54, 1.807) is 12.4 Å². The van der Waals surface area contributed by atoms with Crippen molar-refractivity contribution >= 4 is 17.6 Å². The molecule has 0 aliphatic carbocycles. The number of anilines is 1. The van der Waals surface area contributed by atoms with Gasteiger partial charge in [0.2, 0.25) is 5.91 Å². The van der Waals surface area contributed by atoms with Crippen LogP contribution < -0.4 is 4.90 Å². The number of aryl methyl sites for hydroxylation is 1. The molecule has 7 nitrogen and oxygen atoms in total. The van der Waals surface area contributed by atoms with E-state index in [4.69, 9.17) is 5.11 Å². The van der Waals surface area contributed by atoms with Crippen molar-refractivity contribution in [2.45, 2.75) is 19.9 Å². The Balaban J connectivity index is 1.92. The molecule has 7 heteroatoms. The third kappa shape index (κ3) is 2.45. The molecule has 0 spiro atoms. The Morgan fingerprint density at radius 1 is 1.45 bits per heavy atom. The second-order valence-electron chi connectivity index (χ2n) is 5.23. The van der Waals surface area contributed by atoms with Gasteiger partial charge in [0.05, 0.1) is 5.92 Å². The standard InChI is InChI=1S/C15H16N4O3/c1-2-18-9-16-17-14(18)10-4-3-5-12(6-10)19-8-11(15(21)22)7-13(19)20/h3-6,9,11H,2,7-8H2,1H3,(H,21,22). The number of amides is 1. The molecule has 0 bridgehead atoms. The van der Waals surface area contributed by atoms with Crippen LogP contribution in [0.4, 0.5) is 5.69 Å². The molecule has 1 unspecified atom stereocenters. The van der Waals surface area contributed by atoms with E-state index < -0.39 is 11.9 Å². The van der Waals surface area contributed by atoms with E-state index >= 15 is 0 Å². The lowest BCUT2D eigenvalue weighted by atomic mass is 10.1. The molecule has 2 heterocycles. The van der Waals surface area contributed by atoms with Crippen molar-refractivity contribution < 1.29 is 14.7 Å². The van der Waals surface area contributed by atoms with E-state index in [0.717, 1.165) is 17.9 Å². The molecule has 1 N–H and O–H groups in total. The zero-order valence-electron chi connectivity index (χ0n) is 12.1. The van der Waals surface area contributed by atoms with Crippen molar-refractivity contribution in [2.75, 3.05) is 11.4 Å². The average molecular weight is 300 g/mol. The molecule has 1 fully saturated rings. The van der Waals surface area contributed by atoms with E-state index in [9.17, 15) is 9.59 Å². The second kappa shape index (κ2) is 5.59. The first-order valence-electron chi connectivity index (χ1n) is 7.11. The fourth-order valence-electron chi connectivity index (χ4n) is 2.65. The second-order valence-corrected chi connectivity index (χ2v) is 5.23. The van der Waals surface area contributed by atoms with Crippen molar-refractivity contribution in [1.82, 2.24) is 14.8 Å². The highest BCUT2D eigenvalue weighted by Gasteiger charge is 2.35. The number of carbonyl (C=O) groups is 2. The highest BCUT2D eigenvalue weighted by atomic mass is 16.4. The molecule has 0 radical (unpaired) electrons. The van der Waals surface area contributed by atoms with Crippen LogP contribution >= 0.6 is 0 Å². The predicted octanol–water partition coefficient (Wildman–Crippen LogP) is 1.40. The van der Waals surface area contributed by atoms with E-state index in [2.05, 4.69) is 10.2 Å². The van der Waals surface area contributed by atoms with Gasteiger partial charge in [-0.05, 0) is 19.1 Å². The minimum Gasteiger partial charge on any atom is -0.481 e. The molecule has 1 aliphatic rings. The molecule has 114 valence electrons. The number of nitrogens with zero attached hydrogens (tertiary/aromatic N) is 4. The number of benzene rings is 1. The first kappa shape index (κ1) is 14.2. The molecule has 1 aromatic carbocycles. The first-order valence-corrected chi connectivity index (χ1v) is 7.11. The van der Waals surface area contributed by atoms with Gasteiger partial charge >= 0.3 is 5.97 Å². The number of hydrogen-bond donors (Lipinski definition) is 1. The highest BCUT2D eigenvalue weighted by molar-refractivity contribution is 5.99. The summed E-state index contributed by atoms with van der Waals surface area (Å²) < 4.78 is 1.91. The van der Waals surface area contributed by atoms with Crippen LogP contribution in [0.2, 0.25) is 0 Å². The Morgan fingerprint density at radius 3 is 2.95 bits per heavy atom. The van der Waals surface area contributed by atoms with Crippen LogP contribution in [0.15, 0.2) is 30.6 Å². The van der Waals surface area contributed by atoms with Gasteiger partial charge in [-0.15, -0.1) is 10.2 Å². The highest BCUT2D eigenvalue weighted by Crippen LogP contribution is 2.28. The molecule has 1 saturated heterocycles. The number of aliphatic carboxylic acids is 1. The van der Waals surface area contributed by atoms with Crippen molar-refractivity contribution in [1.29, 1.82) is 0 Å². The topological polar surface area (TPSA) is 88.3 Å². The smallest absolute Gasteiger partial charge is 0.308 e. The van der Waals surface area contributed by atoms with Gasteiger partial charge in [0.1, 0.15) is 6.33 Å². The zero-order chi connectivity index (χ0) is 15.7. The molecular formula is C15H16N4O3. The van der Waals surface area contributed by atoms with Crippen LogP contribution in [-0.4, -0.2) is 38.3 Å². The van der Waals surface area contributed by atoms with Crippen molar-refractivity contribution in [3.05, 3.63) is 30.6 Å². The number of rotatable bonds is 4. The third-order valence-corrected chi connectivity index (χ3v) is 3.85. The van der Waals surface area contributed by atoms with E-state index in [1.807, 2.05) is 29.7 Å². The Kier molecular flexibility index (Phi) is 3.62. The largest absolute Gasteiger partial charge is 0.481 e. The lowest BCUT2D eigenvalue weighted by Gasteiger charge is -2.17. The van der Waals surface area contributed by atoms with Crippen LogP contribution in [0.5, 0.6) is 0 Å². The van der Waals surface area contributed by atoms with Gasteiger partial charge in [0, 0.05) is 30.8 Å². The van der Waals surface area contributed by atoms with E-state index in [0.29, 0.717) is 5.69 Å². The van der Waals surface area contributed by atoms with Crippen molar-refractivity contribution in [2.24, 2.45) is 5.92 Å². The van der Waals surface area contributed by atoms with Gasteiger partial charge in [-0.1, -0.05) is 12.1 Å². The first-order chi connectivity index (χ1) is 10.6. The summed E-state index contributed by atoms with van der Waals surface area (Å²) in [4.78, 5) is 24.6. The number of carboxylic acids is 1. The van der Waals surface area contributed by atoms with Crippen LogP contribution in [0.25, 0.3) is 11.4 Å². The van der Waals surface area contributed by atoms with Crippen molar-refractivity contribution in [3.8, 4) is 11.4 Å². The Hall–Kier alpha value is -2.70. The minimum absolute atomic E-state index is 0.0463. The van der Waals surface area contributed by atoms with Gasteiger partial charge in [-0.25, -0.2) is 0 Å². The summed E-state index contributed by atoms with van der Waals surface area (Å²) in [6.07, 6.45) is 1.70. The molecule has 1 amide bonds. The lowest BCUT2D eigenvalue weighted by Crippen LogP contribution is -2.25. The molecule has 2 aromatic rings. The summed E-state index contributed by atoms with van der Waals surface area (Å²) in [7, 11) is 0. The summed E-state index contributed by atoms with van der Waals surface area (Å²) in [5.41, 5.74) is 1.54. The summed E-state index contributed by atoms with van der Waals surface area (Å²) in [6, 6.07) is 7.38. The molecule has 3 rings (SSSR count). The normalized spacial score (nSPS) is 18.0. The van der Waals surface area contributed by atoms with Gasteiger partial charge in [0.25, 0.3) is 0 Å². The van der Waals surface area contributed by atoms with Crippen LogP contribution in [0, 0.1) is 5.92 Å². The number of carbonyl (C=O) groups excluding carboxylic acids is 1. The van der Waals surface area contributed by atoms with Gasteiger partial charge in [-0.3, -0.25) is 9.59 Å². The summed E-state index contributed by atoms with van der Waals surface area (Å²) in [6.45, 7) is 2.95. The molecule has 0 saturated carbocycles. The minimum atomic E-state index is -0.933. The van der Waals surface area contributed by atoms with Gasteiger partial charge < -0.3 is 14.6 Å². The Bertz CT molecular complexity index is 725. The SMILES string of the molecule is CCn1cnnc1-c1cccc(N2CC(C(=O)O)CC2=O)c1. The quantitative estimate of drug-likeness (QED) is 0.922. The molecular weight excluding hydrogens is 284 g/mol. The maximum atomic E-state index is 12.0. The average Bonchev–Trinajstić information content (AvgIpc) is 3.13. The van der Waals surface area contributed by atoms with Gasteiger partial charge in [-0.2, -0.15) is 0 Å². The monoisotopic (exact) mass is 300 g/mol. The summed E-state index contributed by atoms with van der Waals surface area (Å²) in [5, 5.41) is 17.1. The Labute approximate surface area is 127 Å². The van der Waals surface area contributed by atoms with E-state index in [-0.39, 0.29) is 18.9 Å². The predicted molar refractivity (Wildman–Crippen MR) is 79.2 cm³/mol. The zero-order valence-corrected chi connectivity index (χ0v) is 12.1. The lowest BCUT2D eigenvalue weighted by molar-refractivity contribution is -0.141. The summed E-state index contributed by atoms with van der Waals surface area (Å²) >= 11 is 0. The maximum Gasteiger partial charge on any atom is 0.308 e. The number of hydrogen-bond acceptors (Lipinski definition) is 4. The van der Waals surface area contributed by atoms with Crippen molar-refractivity contribution in [3.63, 3.8) is 0 Å². The summed E-state index contributed by atoms with van der Waals surface area (Å²) in [5.74, 6) is -1.01. The van der Waals surface area contributed by atoms with Crippen LogP contribution in [-0.2, 0) is 16.1 Å². The number of aromatic nitrogens is 3. The molecule has 1 aliphatic heterocycles. The molecule has 1 atom stereocenters. The van der Waals surface area contributed by atoms with E-state index in [1.165, 1.54) is 4.90 Å². The van der Waals surface area contributed by atoms with Gasteiger partial charge in [0.15, 0.2) is 5.82 Å². The maximum absolute atomic E-state index is 12.0. The fraction of sp³-hybridized carbons (Fsp3) is 0.333. The third-order valence-electron chi connectivity index (χ3n) is 3.85. The molecule has 1 aromatic heterocycles. The van der Waals surface area contributed by atoms with Crippen LogP contribution in [0.1, 0.15) is 13.3 Å². The number of carboxylic acid groups (broad SMARTS) is 1. The molecule has 22 heavy (non-hydrogen) atoms. The van der Waals surface area contributed by atoms with Crippen LogP contribution in [0.3, 0.4) is 0 Å². The fourth-order valence-corrected chi connectivity index (χ4v) is 2.65.